The molecule has 0 aliphatic heterocycles. The van der Waals surface area contributed by atoms with E-state index in [1.165, 1.54) is 31.1 Å². The maximum atomic E-state index is 13.8. The molecule has 0 heterocycles. The molecule has 3 aliphatic rings. The van der Waals surface area contributed by atoms with Crippen molar-refractivity contribution in [3.8, 4) is 5.75 Å². The van der Waals surface area contributed by atoms with Crippen LogP contribution in [-0.2, 0) is 14.4 Å². The number of rotatable bonds is 2. The minimum Gasteiger partial charge on any atom is -0.508 e. The zero-order chi connectivity index (χ0) is 23.9. The number of aliphatic hydroxyl groups excluding tert-OH is 1. The zero-order valence-corrected chi connectivity index (χ0v) is 18.0. The number of benzene rings is 1. The van der Waals surface area contributed by atoms with Crippen molar-refractivity contribution in [3.63, 3.8) is 0 Å². The third-order valence-corrected chi connectivity index (χ3v) is 7.45. The number of nitrogens with two attached hydrogens (primary N) is 1. The summed E-state index contributed by atoms with van der Waals surface area (Å²) in [6.45, 7) is 3.98. The van der Waals surface area contributed by atoms with Crippen LogP contribution >= 0.6 is 11.6 Å². The Morgan fingerprint density at radius 2 is 1.88 bits per heavy atom. The molecule has 0 saturated heterocycles. The molecule has 0 spiro atoms. The quantitative estimate of drug-likeness (QED) is 0.279. The number of carbonyl (C=O) groups excluding carboxylic acids is 4. The monoisotopic (exact) mass is 460 g/mol. The lowest BCUT2D eigenvalue weighted by atomic mass is 9.53. The van der Waals surface area contributed by atoms with E-state index in [-0.39, 0.29) is 17.6 Å². The number of amides is 1. The van der Waals surface area contributed by atoms with Gasteiger partial charge in [-0.3, -0.25) is 24.1 Å². The molecular formula is C22H21ClN2O7. The molecule has 168 valence electrons. The van der Waals surface area contributed by atoms with Gasteiger partial charge >= 0.3 is 0 Å². The molecule has 1 aromatic rings. The molecule has 0 unspecified atom stereocenters. The number of fused-ring (bicyclic) bond motifs is 3. The molecule has 5 atom stereocenters. The number of primary amides is 1. The van der Waals surface area contributed by atoms with Crippen molar-refractivity contribution in [2.75, 3.05) is 14.1 Å². The Labute approximate surface area is 187 Å². The van der Waals surface area contributed by atoms with Crippen LogP contribution in [0.5, 0.6) is 5.75 Å². The second-order valence-corrected chi connectivity index (χ2v) is 9.21. The molecule has 1 saturated carbocycles. The zero-order valence-electron chi connectivity index (χ0n) is 17.3. The molecule has 32 heavy (non-hydrogen) atoms. The Hall–Kier alpha value is -3.01. The minimum absolute atomic E-state index is 0.184. The summed E-state index contributed by atoms with van der Waals surface area (Å²) in [7, 11) is 3.01. The van der Waals surface area contributed by atoms with Gasteiger partial charge < -0.3 is 21.1 Å². The van der Waals surface area contributed by atoms with Crippen LogP contribution in [-0.4, -0.2) is 74.1 Å². The van der Waals surface area contributed by atoms with Crippen molar-refractivity contribution in [1.82, 2.24) is 4.90 Å². The van der Waals surface area contributed by atoms with Gasteiger partial charge in [-0.2, -0.15) is 0 Å². The van der Waals surface area contributed by atoms with Crippen molar-refractivity contribution in [2.24, 2.45) is 17.6 Å². The molecule has 3 aliphatic carbocycles. The number of halogens is 1. The third kappa shape index (κ3) is 2.41. The number of alkyl halides is 1. The fourth-order valence-corrected chi connectivity index (χ4v) is 5.82. The lowest BCUT2D eigenvalue weighted by Gasteiger charge is -2.54. The summed E-state index contributed by atoms with van der Waals surface area (Å²) in [5, 5.41) is 32.6. The number of phenols is 1. The number of allylic oxidation sites excluding steroid dienone is 1. The second-order valence-electron chi connectivity index (χ2n) is 8.62. The maximum Gasteiger partial charge on any atom is 0.255 e. The van der Waals surface area contributed by atoms with Gasteiger partial charge in [0.05, 0.1) is 11.6 Å². The largest absolute Gasteiger partial charge is 0.508 e. The molecule has 4 rings (SSSR count). The summed E-state index contributed by atoms with van der Waals surface area (Å²) in [6, 6.07) is 3.10. The van der Waals surface area contributed by atoms with Gasteiger partial charge in [0.2, 0.25) is 5.78 Å². The highest BCUT2D eigenvalue weighted by atomic mass is 35.5. The topological polar surface area (TPSA) is 158 Å². The summed E-state index contributed by atoms with van der Waals surface area (Å²) in [6.07, 6.45) is -0.184. The number of hydrogen-bond acceptors (Lipinski definition) is 8. The minimum atomic E-state index is -2.83. The summed E-state index contributed by atoms with van der Waals surface area (Å²) in [4.78, 5) is 51.1. The SMILES string of the molecule is C=C1c2cccc(O)c2C(=O)[C@]2(Cl)C(=O)[C@]3(O)C(O)=C(C(N)=O)C(=O)[C@H](N(C)C)[C@@H]3C[C@H]12. The van der Waals surface area contributed by atoms with E-state index >= 15 is 0 Å². The van der Waals surface area contributed by atoms with E-state index in [0.717, 1.165) is 0 Å². The fraction of sp³-hybridized carbons (Fsp3) is 0.364. The molecule has 1 amide bonds. The van der Waals surface area contributed by atoms with Crippen molar-refractivity contribution in [3.05, 3.63) is 47.2 Å². The van der Waals surface area contributed by atoms with Crippen LogP contribution in [0.15, 0.2) is 36.1 Å². The molecule has 1 aromatic carbocycles. The first-order valence-electron chi connectivity index (χ1n) is 9.77. The van der Waals surface area contributed by atoms with Gasteiger partial charge in [-0.15, -0.1) is 11.6 Å². The lowest BCUT2D eigenvalue weighted by molar-refractivity contribution is -0.160. The first kappa shape index (κ1) is 22.2. The van der Waals surface area contributed by atoms with Gasteiger partial charge in [0, 0.05) is 11.8 Å². The highest BCUT2D eigenvalue weighted by molar-refractivity contribution is 6.52. The third-order valence-electron chi connectivity index (χ3n) is 6.85. The normalized spacial score (nSPS) is 34.3. The van der Waals surface area contributed by atoms with Gasteiger partial charge in [-0.25, -0.2) is 0 Å². The summed E-state index contributed by atoms with van der Waals surface area (Å²) in [5.41, 5.74) is 1.87. The van der Waals surface area contributed by atoms with Crippen molar-refractivity contribution in [2.45, 2.75) is 22.9 Å². The van der Waals surface area contributed by atoms with E-state index in [9.17, 15) is 34.5 Å². The van der Waals surface area contributed by atoms with E-state index in [4.69, 9.17) is 17.3 Å². The van der Waals surface area contributed by atoms with Gasteiger partial charge in [0.15, 0.2) is 22.0 Å². The van der Waals surface area contributed by atoms with Gasteiger partial charge in [-0.1, -0.05) is 18.7 Å². The number of aliphatic hydroxyl groups is 2. The molecule has 0 radical (unpaired) electrons. The summed E-state index contributed by atoms with van der Waals surface area (Å²) >= 11 is 6.66. The average molecular weight is 461 g/mol. The smallest absolute Gasteiger partial charge is 0.255 e. The number of aromatic hydroxyl groups is 1. The van der Waals surface area contributed by atoms with Crippen LogP contribution in [0.25, 0.3) is 5.57 Å². The van der Waals surface area contributed by atoms with Crippen LogP contribution < -0.4 is 5.73 Å². The Balaban J connectivity index is 2.02. The van der Waals surface area contributed by atoms with Crippen LogP contribution in [0.2, 0.25) is 0 Å². The van der Waals surface area contributed by atoms with E-state index in [1.807, 2.05) is 0 Å². The summed E-state index contributed by atoms with van der Waals surface area (Å²) < 4.78 is 0. The number of hydrogen-bond donors (Lipinski definition) is 4. The van der Waals surface area contributed by atoms with Crippen molar-refractivity contribution in [1.29, 1.82) is 0 Å². The Kier molecular flexibility index (Phi) is 4.68. The number of nitrogens with zero attached hydrogens (tertiary/aromatic N) is 1. The van der Waals surface area contributed by atoms with Gasteiger partial charge in [-0.05, 0) is 37.7 Å². The Morgan fingerprint density at radius 1 is 1.25 bits per heavy atom. The average Bonchev–Trinajstić information content (AvgIpc) is 2.70. The van der Waals surface area contributed by atoms with Crippen molar-refractivity contribution >= 4 is 40.4 Å². The lowest BCUT2D eigenvalue weighted by Crippen LogP contribution is -2.72. The maximum absolute atomic E-state index is 13.8. The molecule has 5 N–H and O–H groups in total. The Bertz CT molecular complexity index is 1170. The molecule has 0 bridgehead atoms. The molecule has 0 aromatic heterocycles. The molecule has 1 fully saturated rings. The first-order valence-corrected chi connectivity index (χ1v) is 10.1. The van der Waals surface area contributed by atoms with Gasteiger partial charge in [0.1, 0.15) is 17.1 Å². The van der Waals surface area contributed by atoms with E-state index in [1.54, 1.807) is 6.07 Å². The van der Waals surface area contributed by atoms with E-state index in [0.29, 0.717) is 5.56 Å². The standard InChI is InChI=1S/C22H21ClN2O7/c1-8-9-5-4-6-12(26)13(9)17(28)21(23)10(8)7-11-15(25(2)3)16(27)14(19(24)30)18(29)22(11,32)20(21)31/h4-6,10-11,15,26,29,32H,1,7H2,2-3H3,(H2,24,30)/t10-,11+,15-,21+,22-/m1/s1. The van der Waals surface area contributed by atoms with E-state index in [2.05, 4.69) is 6.58 Å². The van der Waals surface area contributed by atoms with Gasteiger partial charge in [0.25, 0.3) is 5.91 Å². The molecular weight excluding hydrogens is 440 g/mol. The number of phenolic OH excluding ortho intramolecular Hbond substituents is 1. The van der Waals surface area contributed by atoms with Crippen LogP contribution in [0, 0.1) is 11.8 Å². The van der Waals surface area contributed by atoms with E-state index < -0.39 is 68.7 Å². The predicted octanol–water partition coefficient (Wildman–Crippen LogP) is 0.326. The predicted molar refractivity (Wildman–Crippen MR) is 113 cm³/mol. The number of likely N-dealkylation sites (N-methyl/N-ethyl adjacent to an activating group) is 1. The highest BCUT2D eigenvalue weighted by Gasteiger charge is 2.72. The summed E-state index contributed by atoms with van der Waals surface area (Å²) in [5.74, 6) is -8.37. The number of Topliss-reactive ketones (excluding diaryl/α,β-unsaturated/α-hetero) is 3. The highest BCUT2D eigenvalue weighted by Crippen LogP contribution is 2.58. The van der Waals surface area contributed by atoms with Crippen LogP contribution in [0.4, 0.5) is 0 Å². The van der Waals surface area contributed by atoms with Crippen LogP contribution in [0.1, 0.15) is 22.3 Å². The number of carbonyl (C=O) groups is 4. The second kappa shape index (κ2) is 6.74. The molecule has 9 nitrogen and oxygen atoms in total. The van der Waals surface area contributed by atoms with Crippen LogP contribution in [0.3, 0.4) is 0 Å². The number of ketones is 3. The Morgan fingerprint density at radius 3 is 2.44 bits per heavy atom. The molecule has 10 heteroatoms. The first-order chi connectivity index (χ1) is 14.8. The fourth-order valence-electron chi connectivity index (χ4n) is 5.36. The van der Waals surface area contributed by atoms with Crippen molar-refractivity contribution < 1.29 is 34.5 Å².